The fraction of sp³-hybridized carbons (Fsp3) is 0.667. The summed E-state index contributed by atoms with van der Waals surface area (Å²) in [7, 11) is 0. The minimum Gasteiger partial charge on any atom is -0.150 e. The summed E-state index contributed by atoms with van der Waals surface area (Å²) >= 11 is 0. The van der Waals surface area contributed by atoms with Crippen molar-refractivity contribution in [3.63, 3.8) is 0 Å². The van der Waals surface area contributed by atoms with E-state index >= 15 is 0 Å². The molecule has 0 aromatic heterocycles. The highest BCUT2D eigenvalue weighted by molar-refractivity contribution is 4.97. The van der Waals surface area contributed by atoms with E-state index in [1.807, 2.05) is 13.0 Å². The Morgan fingerprint density at radius 1 is 1.75 bits per heavy atom. The topological polar surface area (TPSA) is 29.4 Å². The van der Waals surface area contributed by atoms with Gasteiger partial charge in [0, 0.05) is 0 Å². The average Bonchev–Trinajstić information content (AvgIpc) is 1.83. The van der Waals surface area contributed by atoms with E-state index in [1.54, 1.807) is 0 Å². The van der Waals surface area contributed by atoms with E-state index in [2.05, 4.69) is 12.1 Å². The summed E-state index contributed by atoms with van der Waals surface area (Å²) in [5, 5.41) is 2.70. The Labute approximate surface area is 49.6 Å². The first-order chi connectivity index (χ1) is 3.81. The fourth-order valence-electron chi connectivity index (χ4n) is 0.337. The molecule has 0 aliphatic heterocycles. The van der Waals surface area contributed by atoms with Crippen molar-refractivity contribution in [1.82, 2.24) is 0 Å². The van der Waals surface area contributed by atoms with Gasteiger partial charge in [-0.05, 0) is 13.3 Å². The molecule has 0 radical (unpaired) electrons. The summed E-state index contributed by atoms with van der Waals surface area (Å²) in [6, 6.07) is 0. The van der Waals surface area contributed by atoms with Gasteiger partial charge in [0.25, 0.3) is 0 Å². The lowest BCUT2D eigenvalue weighted by atomic mass is 10.2. The molecule has 2 nitrogen and oxygen atoms in total. The van der Waals surface area contributed by atoms with E-state index in [9.17, 15) is 4.91 Å². The van der Waals surface area contributed by atoms with Crippen LogP contribution in [0.5, 0.6) is 0 Å². The molecule has 2 heteroatoms. The molecule has 0 aromatic rings. The van der Waals surface area contributed by atoms with E-state index in [-0.39, 0.29) is 0 Å². The maximum Gasteiger partial charge on any atom is 0.0994 e. The molecule has 46 valence electrons. The molecule has 0 atom stereocenters. The number of hydrogen-bond acceptors (Lipinski definition) is 2. The number of hydrogen-bond donors (Lipinski definition) is 0. The molecule has 0 bridgehead atoms. The van der Waals surface area contributed by atoms with Crippen molar-refractivity contribution in [3.05, 3.63) is 16.6 Å². The number of rotatable bonds is 3. The van der Waals surface area contributed by atoms with Crippen LogP contribution < -0.4 is 0 Å². The molecule has 0 spiro atoms. The molecule has 0 unspecified atom stereocenters. The zero-order valence-electron chi connectivity index (χ0n) is 5.35. The molecular weight excluding hydrogens is 102 g/mol. The van der Waals surface area contributed by atoms with Gasteiger partial charge in [0.05, 0.1) is 6.54 Å². The first-order valence-corrected chi connectivity index (χ1v) is 2.76. The Morgan fingerprint density at radius 3 is 2.75 bits per heavy atom. The summed E-state index contributed by atoms with van der Waals surface area (Å²) in [5.74, 6) is 0. The molecule has 0 rings (SSSR count). The highest BCUT2D eigenvalue weighted by atomic mass is 16.3. The number of nitrogens with zero attached hydrogens (tertiary/aromatic N) is 1. The Hall–Kier alpha value is -0.660. The van der Waals surface area contributed by atoms with Crippen molar-refractivity contribution < 1.29 is 0 Å². The fourth-order valence-corrected chi connectivity index (χ4v) is 0.337. The van der Waals surface area contributed by atoms with Crippen LogP contribution >= 0.6 is 0 Å². The molecule has 0 fully saturated rings. The van der Waals surface area contributed by atoms with Crippen LogP contribution in [0.15, 0.2) is 16.8 Å². The average molecular weight is 113 g/mol. The first-order valence-electron chi connectivity index (χ1n) is 2.76. The van der Waals surface area contributed by atoms with E-state index in [0.717, 1.165) is 6.42 Å². The van der Waals surface area contributed by atoms with E-state index < -0.39 is 0 Å². The first kappa shape index (κ1) is 7.34. The molecule has 0 saturated carbocycles. The van der Waals surface area contributed by atoms with Gasteiger partial charge in [-0.3, -0.25) is 0 Å². The maximum atomic E-state index is 9.53. The lowest BCUT2D eigenvalue weighted by molar-refractivity contribution is 1.07. The maximum absolute atomic E-state index is 9.53. The molecular formula is C6H11NO. The summed E-state index contributed by atoms with van der Waals surface area (Å²) in [5.41, 5.74) is 1.23. The predicted octanol–water partition coefficient (Wildman–Crippen LogP) is 2.11. The van der Waals surface area contributed by atoms with Crippen molar-refractivity contribution in [2.24, 2.45) is 5.18 Å². The van der Waals surface area contributed by atoms with Crippen LogP contribution in [0.3, 0.4) is 0 Å². The van der Waals surface area contributed by atoms with Crippen LogP contribution in [-0.2, 0) is 0 Å². The normalized spacial score (nSPS) is 11.5. The smallest absolute Gasteiger partial charge is 0.0994 e. The Kier molecular flexibility index (Phi) is 4.13. The van der Waals surface area contributed by atoms with E-state index in [0.29, 0.717) is 6.54 Å². The van der Waals surface area contributed by atoms with Gasteiger partial charge < -0.3 is 0 Å². The van der Waals surface area contributed by atoms with Crippen molar-refractivity contribution in [1.29, 1.82) is 0 Å². The monoisotopic (exact) mass is 113 g/mol. The van der Waals surface area contributed by atoms with Gasteiger partial charge in [-0.15, -0.1) is 0 Å². The molecule has 0 saturated heterocycles. The van der Waals surface area contributed by atoms with Gasteiger partial charge in [0.15, 0.2) is 0 Å². The minimum absolute atomic E-state index is 0.319. The Balaban J connectivity index is 3.40. The third kappa shape index (κ3) is 3.53. The van der Waals surface area contributed by atoms with Crippen molar-refractivity contribution in [2.45, 2.75) is 20.3 Å². The van der Waals surface area contributed by atoms with Crippen LogP contribution in [0.2, 0.25) is 0 Å². The molecule has 0 aliphatic rings. The lowest BCUT2D eigenvalue weighted by Crippen LogP contribution is -1.74. The molecule has 8 heavy (non-hydrogen) atoms. The zero-order chi connectivity index (χ0) is 6.41. The van der Waals surface area contributed by atoms with Gasteiger partial charge in [-0.25, -0.2) is 0 Å². The van der Waals surface area contributed by atoms with Gasteiger partial charge in [-0.2, -0.15) is 4.91 Å². The Bertz CT molecular complexity index is 96.7. The second-order valence-electron chi connectivity index (χ2n) is 1.72. The molecule has 0 heterocycles. The lowest BCUT2D eigenvalue weighted by Gasteiger charge is -1.87. The molecule has 0 amide bonds. The molecule has 0 aliphatic carbocycles. The minimum atomic E-state index is 0.319. The third-order valence-corrected chi connectivity index (χ3v) is 1.07. The summed E-state index contributed by atoms with van der Waals surface area (Å²) < 4.78 is 0. The van der Waals surface area contributed by atoms with E-state index in [1.165, 1.54) is 5.57 Å². The third-order valence-electron chi connectivity index (χ3n) is 1.07. The van der Waals surface area contributed by atoms with Crippen LogP contribution in [0.25, 0.3) is 0 Å². The summed E-state index contributed by atoms with van der Waals surface area (Å²) in [6.07, 6.45) is 2.85. The van der Waals surface area contributed by atoms with Crippen molar-refractivity contribution >= 4 is 0 Å². The SMILES string of the molecule is CC/C(C)=C/CN=O. The zero-order valence-corrected chi connectivity index (χ0v) is 5.35. The van der Waals surface area contributed by atoms with Crippen LogP contribution in [0, 0.1) is 4.91 Å². The highest BCUT2D eigenvalue weighted by Gasteiger charge is 1.80. The second kappa shape index (κ2) is 4.50. The highest BCUT2D eigenvalue weighted by Crippen LogP contribution is 1.95. The van der Waals surface area contributed by atoms with Gasteiger partial charge in [0.2, 0.25) is 0 Å². The predicted molar refractivity (Wildman–Crippen MR) is 34.7 cm³/mol. The summed E-state index contributed by atoms with van der Waals surface area (Å²) in [6.45, 7) is 4.36. The number of allylic oxidation sites excluding steroid dienone is 1. The molecule has 0 N–H and O–H groups in total. The van der Waals surface area contributed by atoms with Gasteiger partial charge in [-0.1, -0.05) is 23.7 Å². The van der Waals surface area contributed by atoms with Gasteiger partial charge in [0.1, 0.15) is 0 Å². The Morgan fingerprint density at radius 2 is 2.38 bits per heavy atom. The van der Waals surface area contributed by atoms with Crippen LogP contribution in [0.4, 0.5) is 0 Å². The standard InChI is InChI=1S/C6H11NO/c1-3-6(2)4-5-7-8/h4H,3,5H2,1-2H3/b6-4+. The van der Waals surface area contributed by atoms with Crippen LogP contribution in [0.1, 0.15) is 20.3 Å². The van der Waals surface area contributed by atoms with Crippen molar-refractivity contribution in [3.8, 4) is 0 Å². The van der Waals surface area contributed by atoms with E-state index in [4.69, 9.17) is 0 Å². The van der Waals surface area contributed by atoms with Gasteiger partial charge >= 0.3 is 0 Å². The van der Waals surface area contributed by atoms with Crippen LogP contribution in [-0.4, -0.2) is 6.54 Å². The quantitative estimate of drug-likeness (QED) is 0.407. The number of nitroso groups, excluding NO2 is 1. The largest absolute Gasteiger partial charge is 0.150 e. The summed E-state index contributed by atoms with van der Waals surface area (Å²) in [4.78, 5) is 9.53. The van der Waals surface area contributed by atoms with Crippen molar-refractivity contribution in [2.75, 3.05) is 6.54 Å². The second-order valence-corrected chi connectivity index (χ2v) is 1.72. The molecule has 0 aromatic carbocycles.